The van der Waals surface area contributed by atoms with Crippen LogP contribution in [0, 0.1) is 5.92 Å². The van der Waals surface area contributed by atoms with Gasteiger partial charge in [0.2, 0.25) is 0 Å². The van der Waals surface area contributed by atoms with Gasteiger partial charge in [0.1, 0.15) is 5.82 Å². The fourth-order valence-corrected chi connectivity index (χ4v) is 3.45. The van der Waals surface area contributed by atoms with Gasteiger partial charge in [-0.15, -0.1) is 0 Å². The molecule has 2 aliphatic rings. The lowest BCUT2D eigenvalue weighted by atomic mass is 9.96. The Kier molecular flexibility index (Phi) is 4.28. The predicted octanol–water partition coefficient (Wildman–Crippen LogP) is 3.16. The first kappa shape index (κ1) is 15.7. The second kappa shape index (κ2) is 6.57. The molecule has 128 valence electrons. The molecule has 3 heterocycles. The number of fused-ring (bicyclic) bond motifs is 1. The third kappa shape index (κ3) is 2.93. The maximum atomic E-state index is 13.1. The summed E-state index contributed by atoms with van der Waals surface area (Å²) in [6.45, 7) is 2.80. The molecule has 2 aromatic rings. The van der Waals surface area contributed by atoms with Crippen LogP contribution in [0.5, 0.6) is 0 Å². The number of hydrogen-bond acceptors (Lipinski definition) is 5. The van der Waals surface area contributed by atoms with Crippen molar-refractivity contribution < 1.29 is 18.3 Å². The van der Waals surface area contributed by atoms with Crippen LogP contribution >= 0.6 is 0 Å². The van der Waals surface area contributed by atoms with Gasteiger partial charge in [0.15, 0.2) is 12.1 Å². The van der Waals surface area contributed by atoms with Gasteiger partial charge in [-0.1, -0.05) is 12.1 Å². The summed E-state index contributed by atoms with van der Waals surface area (Å²) in [5.41, 5.74) is 0.558. The number of benzene rings is 1. The molecule has 1 aromatic carbocycles. The van der Waals surface area contributed by atoms with Crippen molar-refractivity contribution in [2.45, 2.75) is 25.6 Å². The van der Waals surface area contributed by atoms with Gasteiger partial charge in [0, 0.05) is 24.4 Å². The number of aromatic nitrogens is 2. The molecule has 2 aliphatic heterocycles. The monoisotopic (exact) mass is 335 g/mol. The van der Waals surface area contributed by atoms with Crippen LogP contribution in [0.3, 0.4) is 0 Å². The van der Waals surface area contributed by atoms with Crippen molar-refractivity contribution in [3.8, 4) is 0 Å². The number of halogens is 2. The Labute approximate surface area is 138 Å². The lowest BCUT2D eigenvalue weighted by Gasteiger charge is -2.35. The SMILES string of the molecule is FC(F)c1nc(N2CCC(C3OCCO3)CC2)c2ccccc2n1. The van der Waals surface area contributed by atoms with Crippen LogP contribution in [0.25, 0.3) is 10.9 Å². The van der Waals surface area contributed by atoms with Gasteiger partial charge in [-0.05, 0) is 25.0 Å². The Bertz CT molecular complexity index is 714. The van der Waals surface area contributed by atoms with E-state index in [1.807, 2.05) is 12.1 Å². The van der Waals surface area contributed by atoms with Gasteiger partial charge < -0.3 is 14.4 Å². The molecule has 1 aromatic heterocycles. The van der Waals surface area contributed by atoms with Crippen molar-refractivity contribution in [3.63, 3.8) is 0 Å². The summed E-state index contributed by atoms with van der Waals surface area (Å²) in [4.78, 5) is 10.2. The topological polar surface area (TPSA) is 47.5 Å². The van der Waals surface area contributed by atoms with Crippen LogP contribution < -0.4 is 4.90 Å². The number of nitrogens with zero attached hydrogens (tertiary/aromatic N) is 3. The highest BCUT2D eigenvalue weighted by Gasteiger charge is 2.31. The van der Waals surface area contributed by atoms with Gasteiger partial charge in [0.25, 0.3) is 6.43 Å². The van der Waals surface area contributed by atoms with Crippen LogP contribution in [-0.4, -0.2) is 42.6 Å². The van der Waals surface area contributed by atoms with Crippen LogP contribution in [-0.2, 0) is 9.47 Å². The largest absolute Gasteiger partial charge is 0.356 e. The average Bonchev–Trinajstić information content (AvgIpc) is 3.15. The summed E-state index contributed by atoms with van der Waals surface area (Å²) in [6, 6.07) is 7.31. The van der Waals surface area contributed by atoms with Crippen molar-refractivity contribution in [2.24, 2.45) is 5.92 Å². The number of anilines is 1. The first-order valence-corrected chi connectivity index (χ1v) is 8.25. The maximum absolute atomic E-state index is 13.1. The van der Waals surface area contributed by atoms with E-state index in [1.165, 1.54) is 0 Å². The quantitative estimate of drug-likeness (QED) is 0.862. The molecule has 7 heteroatoms. The van der Waals surface area contributed by atoms with Crippen LogP contribution in [0.2, 0.25) is 0 Å². The number of piperidine rings is 1. The fraction of sp³-hybridized carbons (Fsp3) is 0.529. The van der Waals surface area contributed by atoms with E-state index < -0.39 is 12.2 Å². The summed E-state index contributed by atoms with van der Waals surface area (Å²) in [7, 11) is 0. The molecule has 2 saturated heterocycles. The molecular weight excluding hydrogens is 316 g/mol. The molecule has 0 atom stereocenters. The predicted molar refractivity (Wildman–Crippen MR) is 85.1 cm³/mol. The second-order valence-corrected chi connectivity index (χ2v) is 6.16. The van der Waals surface area contributed by atoms with E-state index >= 15 is 0 Å². The van der Waals surface area contributed by atoms with Gasteiger partial charge >= 0.3 is 0 Å². The average molecular weight is 335 g/mol. The van der Waals surface area contributed by atoms with Gasteiger partial charge in [-0.2, -0.15) is 0 Å². The first-order valence-electron chi connectivity index (χ1n) is 8.25. The summed E-state index contributed by atoms with van der Waals surface area (Å²) in [5, 5.41) is 0.814. The standard InChI is InChI=1S/C17H19F2N3O2/c18-14(19)15-20-13-4-2-1-3-12(13)16(21-15)22-7-5-11(6-8-22)17-23-9-10-24-17/h1-4,11,14,17H,5-10H2. The highest BCUT2D eigenvalue weighted by Crippen LogP contribution is 2.32. The summed E-state index contributed by atoms with van der Waals surface area (Å²) < 4.78 is 37.4. The lowest BCUT2D eigenvalue weighted by molar-refractivity contribution is -0.0889. The molecule has 0 bridgehead atoms. The number of ether oxygens (including phenoxy) is 2. The zero-order chi connectivity index (χ0) is 16.5. The molecule has 5 nitrogen and oxygen atoms in total. The molecule has 0 aliphatic carbocycles. The van der Waals surface area contributed by atoms with Gasteiger partial charge in [-0.25, -0.2) is 18.7 Å². The molecule has 0 spiro atoms. The number of rotatable bonds is 3. The van der Waals surface area contributed by atoms with Crippen molar-refractivity contribution in [1.82, 2.24) is 9.97 Å². The van der Waals surface area contributed by atoms with Crippen LogP contribution in [0.1, 0.15) is 25.1 Å². The van der Waals surface area contributed by atoms with E-state index in [2.05, 4.69) is 14.9 Å². The van der Waals surface area contributed by atoms with Crippen molar-refractivity contribution in [2.75, 3.05) is 31.2 Å². The molecule has 24 heavy (non-hydrogen) atoms. The zero-order valence-corrected chi connectivity index (χ0v) is 13.2. The third-order valence-corrected chi connectivity index (χ3v) is 4.67. The third-order valence-electron chi connectivity index (χ3n) is 4.67. The van der Waals surface area contributed by atoms with Crippen LogP contribution in [0.15, 0.2) is 24.3 Å². The number of hydrogen-bond donors (Lipinski definition) is 0. The van der Waals surface area contributed by atoms with Gasteiger partial charge in [-0.3, -0.25) is 0 Å². The Morgan fingerprint density at radius 1 is 1.04 bits per heavy atom. The molecule has 4 rings (SSSR count). The first-order chi connectivity index (χ1) is 11.7. The highest BCUT2D eigenvalue weighted by molar-refractivity contribution is 5.89. The molecule has 0 saturated carbocycles. The second-order valence-electron chi connectivity index (χ2n) is 6.16. The molecule has 0 unspecified atom stereocenters. The summed E-state index contributed by atoms with van der Waals surface area (Å²) in [5.74, 6) is 0.544. The minimum atomic E-state index is -2.67. The Morgan fingerprint density at radius 2 is 1.75 bits per heavy atom. The van der Waals surface area contributed by atoms with Crippen molar-refractivity contribution in [3.05, 3.63) is 30.1 Å². The summed E-state index contributed by atoms with van der Waals surface area (Å²) in [6.07, 6.45) is -1.00. The van der Waals surface area contributed by atoms with Crippen molar-refractivity contribution >= 4 is 16.7 Å². The normalized spacial score (nSPS) is 20.4. The molecule has 0 N–H and O–H groups in total. The Morgan fingerprint density at radius 3 is 2.46 bits per heavy atom. The molecular formula is C17H19F2N3O2. The minimum Gasteiger partial charge on any atom is -0.356 e. The summed E-state index contributed by atoms with van der Waals surface area (Å²) >= 11 is 0. The maximum Gasteiger partial charge on any atom is 0.297 e. The van der Waals surface area contributed by atoms with Crippen molar-refractivity contribution in [1.29, 1.82) is 0 Å². The molecule has 2 fully saturated rings. The van der Waals surface area contributed by atoms with E-state index in [4.69, 9.17) is 9.47 Å². The minimum absolute atomic E-state index is 0.120. The Balaban J connectivity index is 1.59. The highest BCUT2D eigenvalue weighted by atomic mass is 19.3. The molecule has 0 radical (unpaired) electrons. The number of alkyl halides is 2. The van der Waals surface area contributed by atoms with Gasteiger partial charge in [0.05, 0.1) is 18.7 Å². The van der Waals surface area contributed by atoms with E-state index in [0.29, 0.717) is 30.5 Å². The van der Waals surface area contributed by atoms with E-state index in [1.54, 1.807) is 12.1 Å². The smallest absolute Gasteiger partial charge is 0.297 e. The number of para-hydroxylation sites is 1. The van der Waals surface area contributed by atoms with E-state index in [0.717, 1.165) is 31.3 Å². The van der Waals surface area contributed by atoms with E-state index in [9.17, 15) is 8.78 Å². The lowest BCUT2D eigenvalue weighted by Crippen LogP contribution is -2.38. The fourth-order valence-electron chi connectivity index (χ4n) is 3.45. The van der Waals surface area contributed by atoms with Crippen LogP contribution in [0.4, 0.5) is 14.6 Å². The van der Waals surface area contributed by atoms with E-state index in [-0.39, 0.29) is 6.29 Å². The molecule has 0 amide bonds. The Hall–Kier alpha value is -1.86. The zero-order valence-electron chi connectivity index (χ0n) is 13.2.